The van der Waals surface area contributed by atoms with E-state index in [-0.39, 0.29) is 41.0 Å². The van der Waals surface area contributed by atoms with Gasteiger partial charge in [-0.05, 0) is 59.5 Å². The van der Waals surface area contributed by atoms with Crippen molar-refractivity contribution in [3.05, 3.63) is 0 Å². The fourth-order valence-electron chi connectivity index (χ4n) is 3.78. The molecule has 31 heavy (non-hydrogen) atoms. The highest BCUT2D eigenvalue weighted by molar-refractivity contribution is 5.91. The fourth-order valence-corrected chi connectivity index (χ4v) is 3.78. The number of hydrogen-bond donors (Lipinski definition) is 3. The van der Waals surface area contributed by atoms with Crippen molar-refractivity contribution in [2.75, 3.05) is 13.1 Å². The van der Waals surface area contributed by atoms with Gasteiger partial charge in [-0.3, -0.25) is 9.59 Å². The first kappa shape index (κ1) is 30.2. The van der Waals surface area contributed by atoms with Crippen LogP contribution >= 0.6 is 0 Å². The van der Waals surface area contributed by atoms with Gasteiger partial charge in [0.05, 0.1) is 6.04 Å². The molecule has 0 unspecified atom stereocenters. The zero-order valence-electron chi connectivity index (χ0n) is 22.1. The van der Waals surface area contributed by atoms with Gasteiger partial charge >= 0.3 is 0 Å². The minimum Gasteiger partial charge on any atom is -0.315 e. The third-order valence-corrected chi connectivity index (χ3v) is 5.45. The summed E-state index contributed by atoms with van der Waals surface area (Å²) < 4.78 is 0. The molecule has 0 amide bonds. The number of rotatable bonds is 18. The molecule has 0 spiro atoms. The Hall–Kier alpha value is -0.780. The minimum atomic E-state index is -0.152. The highest BCUT2D eigenvalue weighted by Crippen LogP contribution is 2.21. The van der Waals surface area contributed by atoms with E-state index in [1.165, 1.54) is 0 Å². The molecular formula is C26H53N3O2. The molecule has 0 aliphatic carbocycles. The summed E-state index contributed by atoms with van der Waals surface area (Å²) in [6, 6.07) is 0.599. The van der Waals surface area contributed by atoms with Gasteiger partial charge in [0.2, 0.25) is 0 Å². The van der Waals surface area contributed by atoms with Crippen molar-refractivity contribution in [3.8, 4) is 0 Å². The average Bonchev–Trinajstić information content (AvgIpc) is 2.63. The molecule has 0 aliphatic rings. The summed E-state index contributed by atoms with van der Waals surface area (Å²) in [7, 11) is 0. The van der Waals surface area contributed by atoms with Gasteiger partial charge in [0.25, 0.3) is 0 Å². The smallest absolute Gasteiger partial charge is 0.150 e. The summed E-state index contributed by atoms with van der Waals surface area (Å²) in [4.78, 5) is 26.0. The molecule has 0 heterocycles. The summed E-state index contributed by atoms with van der Waals surface area (Å²) >= 11 is 0. The number of ketones is 2. The molecule has 3 N–H and O–H groups in total. The number of Topliss-reactive ketones (excluding diaryl/α,β-unsaturated/α-hetero) is 2. The Bertz CT molecular complexity index is 495. The number of carbonyl (C=O) groups excluding carboxylic acids is 2. The van der Waals surface area contributed by atoms with Crippen LogP contribution in [0.25, 0.3) is 0 Å². The van der Waals surface area contributed by atoms with Crippen LogP contribution in [0.15, 0.2) is 0 Å². The van der Waals surface area contributed by atoms with E-state index in [2.05, 4.69) is 64.4 Å². The summed E-state index contributed by atoms with van der Waals surface area (Å²) in [5, 5.41) is 10.4. The molecule has 0 aromatic carbocycles. The van der Waals surface area contributed by atoms with Crippen LogP contribution in [-0.4, -0.2) is 48.3 Å². The Balaban J connectivity index is 4.79. The zero-order valence-corrected chi connectivity index (χ0v) is 22.1. The molecule has 2 atom stereocenters. The zero-order chi connectivity index (χ0) is 24.0. The highest BCUT2D eigenvalue weighted by Gasteiger charge is 2.27. The van der Waals surface area contributed by atoms with Crippen molar-refractivity contribution in [3.63, 3.8) is 0 Å². The third kappa shape index (κ3) is 16.5. The average molecular weight is 440 g/mol. The van der Waals surface area contributed by atoms with E-state index in [9.17, 15) is 9.59 Å². The maximum absolute atomic E-state index is 13.2. The maximum atomic E-state index is 13.2. The summed E-state index contributed by atoms with van der Waals surface area (Å²) in [6.07, 6.45) is 6.11. The van der Waals surface area contributed by atoms with Gasteiger partial charge in [0.1, 0.15) is 11.6 Å². The van der Waals surface area contributed by atoms with Crippen LogP contribution in [0.1, 0.15) is 107 Å². The second kappa shape index (κ2) is 15.9. The van der Waals surface area contributed by atoms with Gasteiger partial charge in [-0.25, -0.2) is 0 Å². The van der Waals surface area contributed by atoms with E-state index in [0.29, 0.717) is 12.5 Å². The Labute approximate surface area is 193 Å². The summed E-state index contributed by atoms with van der Waals surface area (Å²) in [5.74, 6) is 0.268. The van der Waals surface area contributed by atoms with Crippen LogP contribution in [0.5, 0.6) is 0 Å². The van der Waals surface area contributed by atoms with Crippen LogP contribution in [0.3, 0.4) is 0 Å². The second-order valence-electron chi connectivity index (χ2n) is 11.1. The maximum Gasteiger partial charge on any atom is 0.150 e. The van der Waals surface area contributed by atoms with Gasteiger partial charge in [0.15, 0.2) is 0 Å². The molecule has 0 aliphatic heterocycles. The molecule has 0 saturated heterocycles. The molecule has 0 radical (unpaired) electrons. The van der Waals surface area contributed by atoms with Crippen molar-refractivity contribution < 1.29 is 9.59 Å². The van der Waals surface area contributed by atoms with Gasteiger partial charge in [-0.2, -0.15) is 0 Å². The van der Waals surface area contributed by atoms with Crippen LogP contribution in [0, 0.1) is 11.8 Å². The Morgan fingerprint density at radius 2 is 1.35 bits per heavy atom. The normalized spacial score (nSPS) is 14.5. The first-order valence-electron chi connectivity index (χ1n) is 12.6. The number of carbonyl (C=O) groups is 2. The van der Waals surface area contributed by atoms with Gasteiger partial charge in [-0.1, -0.05) is 54.4 Å². The molecule has 5 heteroatoms. The van der Waals surface area contributed by atoms with Gasteiger partial charge in [0, 0.05) is 35.9 Å². The SMILES string of the molecule is CC(C)NCCCC[C@H](NC(C)C)C(=O)C[C@H](CCCCNC(C)(C)C)C(=O)C(C)C. The van der Waals surface area contributed by atoms with Crippen LogP contribution in [0.4, 0.5) is 0 Å². The number of unbranched alkanes of at least 4 members (excludes halogenated alkanes) is 2. The lowest BCUT2D eigenvalue weighted by Crippen LogP contribution is -2.42. The van der Waals surface area contributed by atoms with Crippen molar-refractivity contribution >= 4 is 11.6 Å². The molecule has 5 nitrogen and oxygen atoms in total. The second-order valence-corrected chi connectivity index (χ2v) is 11.1. The highest BCUT2D eigenvalue weighted by atomic mass is 16.1. The van der Waals surface area contributed by atoms with E-state index in [1.54, 1.807) is 0 Å². The molecule has 0 aromatic rings. The number of hydrogen-bond acceptors (Lipinski definition) is 5. The summed E-state index contributed by atoms with van der Waals surface area (Å²) in [5.41, 5.74) is 0.115. The molecule has 184 valence electrons. The van der Waals surface area contributed by atoms with Crippen molar-refractivity contribution in [1.29, 1.82) is 0 Å². The Morgan fingerprint density at radius 3 is 1.87 bits per heavy atom. The minimum absolute atomic E-state index is 0.0240. The van der Waals surface area contributed by atoms with Crippen molar-refractivity contribution in [2.45, 2.75) is 131 Å². The molecule has 0 saturated carbocycles. The van der Waals surface area contributed by atoms with E-state index in [0.717, 1.165) is 51.6 Å². The first-order valence-corrected chi connectivity index (χ1v) is 12.6. The standard InChI is InChI=1S/C26H53N3O2/c1-19(2)25(31)22(14-10-13-17-28-26(7,8)9)18-24(30)23(29-21(5)6)15-11-12-16-27-20(3)4/h19-23,27-29H,10-18H2,1-9H3/t22-,23-/m0/s1. The third-order valence-electron chi connectivity index (χ3n) is 5.45. The van der Waals surface area contributed by atoms with Crippen LogP contribution < -0.4 is 16.0 Å². The quantitative estimate of drug-likeness (QED) is 0.266. The monoisotopic (exact) mass is 439 g/mol. The largest absolute Gasteiger partial charge is 0.315 e. The molecule has 0 bridgehead atoms. The van der Waals surface area contributed by atoms with Crippen LogP contribution in [0.2, 0.25) is 0 Å². The Morgan fingerprint density at radius 1 is 0.774 bits per heavy atom. The molecule has 0 rings (SSSR count). The predicted molar refractivity (Wildman–Crippen MR) is 134 cm³/mol. The van der Waals surface area contributed by atoms with Gasteiger partial charge < -0.3 is 16.0 Å². The molecule has 0 fully saturated rings. The van der Waals surface area contributed by atoms with E-state index >= 15 is 0 Å². The van der Waals surface area contributed by atoms with Crippen LogP contribution in [-0.2, 0) is 9.59 Å². The van der Waals surface area contributed by atoms with Crippen molar-refractivity contribution in [2.24, 2.45) is 11.8 Å². The van der Waals surface area contributed by atoms with E-state index in [4.69, 9.17) is 0 Å². The fraction of sp³-hybridized carbons (Fsp3) is 0.923. The lowest BCUT2D eigenvalue weighted by Gasteiger charge is -2.24. The molecule has 0 aromatic heterocycles. The van der Waals surface area contributed by atoms with E-state index in [1.807, 2.05) is 13.8 Å². The van der Waals surface area contributed by atoms with Crippen molar-refractivity contribution in [1.82, 2.24) is 16.0 Å². The number of nitrogens with one attached hydrogen (secondary N) is 3. The van der Waals surface area contributed by atoms with Gasteiger partial charge in [-0.15, -0.1) is 0 Å². The lowest BCUT2D eigenvalue weighted by molar-refractivity contribution is -0.131. The topological polar surface area (TPSA) is 70.2 Å². The summed E-state index contributed by atoms with van der Waals surface area (Å²) in [6.45, 7) is 20.8. The Kier molecular flexibility index (Phi) is 15.5. The predicted octanol–water partition coefficient (Wildman–Crippen LogP) is 4.88. The van der Waals surface area contributed by atoms with E-state index < -0.39 is 0 Å². The molecular weight excluding hydrogens is 386 g/mol. The first-order chi connectivity index (χ1) is 14.3. The lowest BCUT2D eigenvalue weighted by atomic mass is 9.85.